The van der Waals surface area contributed by atoms with Crippen molar-refractivity contribution in [2.75, 3.05) is 19.8 Å². The Labute approximate surface area is 73.7 Å². The molecule has 3 unspecified atom stereocenters. The van der Waals surface area contributed by atoms with Crippen molar-refractivity contribution < 1.29 is 4.74 Å². The van der Waals surface area contributed by atoms with Crippen LogP contribution in [0.25, 0.3) is 0 Å². The molecule has 3 atom stereocenters. The largest absolute Gasteiger partial charge is 0.379 e. The topological polar surface area (TPSA) is 47.3 Å². The van der Waals surface area contributed by atoms with Crippen molar-refractivity contribution in [3.8, 4) is 0 Å². The number of ether oxygens (including phenoxy) is 1. The Morgan fingerprint density at radius 1 is 1.67 bits per heavy atom. The number of hydrogen-bond acceptors (Lipinski definition) is 3. The monoisotopic (exact) mass is 170 g/mol. The molecule has 3 N–H and O–H groups in total. The van der Waals surface area contributed by atoms with Gasteiger partial charge in [0.15, 0.2) is 0 Å². The highest BCUT2D eigenvalue weighted by Crippen LogP contribution is 2.29. The van der Waals surface area contributed by atoms with E-state index in [1.54, 1.807) is 0 Å². The Balaban J connectivity index is 1.71. The number of hydrogen-bond donors (Lipinski definition) is 2. The SMILES string of the molecule is CC1CC1NCC1(N)CCOC1. The van der Waals surface area contributed by atoms with Gasteiger partial charge in [0, 0.05) is 19.2 Å². The van der Waals surface area contributed by atoms with Gasteiger partial charge in [-0.1, -0.05) is 6.92 Å². The molecule has 3 heteroatoms. The average Bonchev–Trinajstić information content (AvgIpc) is 2.55. The minimum absolute atomic E-state index is 0.0810. The molecule has 1 saturated carbocycles. The van der Waals surface area contributed by atoms with Gasteiger partial charge in [0.1, 0.15) is 0 Å². The molecule has 3 nitrogen and oxygen atoms in total. The third-order valence-corrected chi connectivity index (χ3v) is 2.96. The summed E-state index contributed by atoms with van der Waals surface area (Å²) in [6, 6.07) is 0.728. The molecule has 0 bridgehead atoms. The van der Waals surface area contributed by atoms with E-state index in [0.717, 1.165) is 38.1 Å². The van der Waals surface area contributed by atoms with Crippen LogP contribution < -0.4 is 11.1 Å². The van der Waals surface area contributed by atoms with Gasteiger partial charge in [0.05, 0.1) is 12.1 Å². The number of rotatable bonds is 3. The summed E-state index contributed by atoms with van der Waals surface area (Å²) >= 11 is 0. The summed E-state index contributed by atoms with van der Waals surface area (Å²) < 4.78 is 5.27. The van der Waals surface area contributed by atoms with E-state index in [1.165, 1.54) is 6.42 Å². The van der Waals surface area contributed by atoms with Gasteiger partial charge in [-0.15, -0.1) is 0 Å². The van der Waals surface area contributed by atoms with Crippen molar-refractivity contribution in [1.29, 1.82) is 0 Å². The third kappa shape index (κ3) is 1.79. The first-order chi connectivity index (χ1) is 5.70. The van der Waals surface area contributed by atoms with Crippen molar-refractivity contribution in [3.05, 3.63) is 0 Å². The number of nitrogens with two attached hydrogens (primary N) is 1. The van der Waals surface area contributed by atoms with Crippen LogP contribution in [0, 0.1) is 5.92 Å². The Hall–Kier alpha value is -0.120. The Bertz CT molecular complexity index is 166. The fourth-order valence-electron chi connectivity index (χ4n) is 1.70. The van der Waals surface area contributed by atoms with Gasteiger partial charge < -0.3 is 15.8 Å². The van der Waals surface area contributed by atoms with E-state index in [2.05, 4.69) is 12.2 Å². The van der Waals surface area contributed by atoms with Gasteiger partial charge in [0.25, 0.3) is 0 Å². The quantitative estimate of drug-likeness (QED) is 0.631. The first kappa shape index (κ1) is 8.48. The van der Waals surface area contributed by atoms with Crippen LogP contribution in [0.1, 0.15) is 19.8 Å². The zero-order chi connectivity index (χ0) is 8.60. The minimum Gasteiger partial charge on any atom is -0.379 e. The van der Waals surface area contributed by atoms with Gasteiger partial charge in [-0.05, 0) is 18.8 Å². The molecule has 2 rings (SSSR count). The van der Waals surface area contributed by atoms with Crippen molar-refractivity contribution in [1.82, 2.24) is 5.32 Å². The van der Waals surface area contributed by atoms with E-state index in [4.69, 9.17) is 10.5 Å². The maximum absolute atomic E-state index is 6.09. The summed E-state index contributed by atoms with van der Waals surface area (Å²) in [4.78, 5) is 0. The van der Waals surface area contributed by atoms with Crippen LogP contribution in [0.4, 0.5) is 0 Å². The van der Waals surface area contributed by atoms with Gasteiger partial charge in [-0.2, -0.15) is 0 Å². The van der Waals surface area contributed by atoms with E-state index in [1.807, 2.05) is 0 Å². The van der Waals surface area contributed by atoms with Gasteiger partial charge in [-0.3, -0.25) is 0 Å². The second-order valence-corrected chi connectivity index (χ2v) is 4.37. The van der Waals surface area contributed by atoms with E-state index in [9.17, 15) is 0 Å². The van der Waals surface area contributed by atoms with Crippen molar-refractivity contribution >= 4 is 0 Å². The van der Waals surface area contributed by atoms with Crippen LogP contribution in [0.2, 0.25) is 0 Å². The highest BCUT2D eigenvalue weighted by molar-refractivity contribution is 4.96. The molecule has 1 saturated heterocycles. The second kappa shape index (κ2) is 2.98. The zero-order valence-corrected chi connectivity index (χ0v) is 7.68. The lowest BCUT2D eigenvalue weighted by molar-refractivity contribution is 0.177. The Morgan fingerprint density at radius 3 is 2.92 bits per heavy atom. The molecule has 70 valence electrons. The molecular formula is C9H18N2O. The second-order valence-electron chi connectivity index (χ2n) is 4.37. The molecule has 0 radical (unpaired) electrons. The predicted molar refractivity (Wildman–Crippen MR) is 47.9 cm³/mol. The molecule has 0 aromatic carbocycles. The smallest absolute Gasteiger partial charge is 0.0659 e. The normalized spacial score (nSPS) is 46.5. The maximum atomic E-state index is 6.09. The summed E-state index contributed by atoms with van der Waals surface area (Å²) in [5.41, 5.74) is 6.01. The highest BCUT2D eigenvalue weighted by atomic mass is 16.5. The van der Waals surface area contributed by atoms with Crippen LogP contribution in [-0.4, -0.2) is 31.3 Å². The lowest BCUT2D eigenvalue weighted by atomic mass is 10.0. The van der Waals surface area contributed by atoms with E-state index < -0.39 is 0 Å². The van der Waals surface area contributed by atoms with E-state index >= 15 is 0 Å². The van der Waals surface area contributed by atoms with Crippen LogP contribution in [0.3, 0.4) is 0 Å². The molecule has 0 aromatic heterocycles. The first-order valence-electron chi connectivity index (χ1n) is 4.80. The Kier molecular flexibility index (Phi) is 2.10. The van der Waals surface area contributed by atoms with Crippen LogP contribution in [-0.2, 0) is 4.74 Å². The molecule has 0 aromatic rings. The van der Waals surface area contributed by atoms with Gasteiger partial charge in [-0.25, -0.2) is 0 Å². The summed E-state index contributed by atoms with van der Waals surface area (Å²) in [6.45, 7) is 4.74. The first-order valence-corrected chi connectivity index (χ1v) is 4.80. The fraction of sp³-hybridized carbons (Fsp3) is 1.00. The lowest BCUT2D eigenvalue weighted by Crippen LogP contribution is -2.50. The molecule has 0 spiro atoms. The lowest BCUT2D eigenvalue weighted by Gasteiger charge is -2.22. The Morgan fingerprint density at radius 2 is 2.42 bits per heavy atom. The summed E-state index contributed by atoms with van der Waals surface area (Å²) in [6.07, 6.45) is 2.32. The van der Waals surface area contributed by atoms with Crippen LogP contribution >= 0.6 is 0 Å². The van der Waals surface area contributed by atoms with Crippen LogP contribution in [0.15, 0.2) is 0 Å². The number of nitrogens with one attached hydrogen (secondary N) is 1. The predicted octanol–water partition coefficient (Wildman–Crippen LogP) is 0.102. The fourth-order valence-corrected chi connectivity index (χ4v) is 1.70. The maximum Gasteiger partial charge on any atom is 0.0659 e. The molecule has 2 aliphatic rings. The van der Waals surface area contributed by atoms with Gasteiger partial charge >= 0.3 is 0 Å². The standard InChI is InChI=1S/C9H18N2O/c1-7-4-8(7)11-5-9(10)2-3-12-6-9/h7-8,11H,2-6,10H2,1H3. The highest BCUT2D eigenvalue weighted by Gasteiger charge is 2.36. The summed E-state index contributed by atoms with van der Waals surface area (Å²) in [5.74, 6) is 0.857. The minimum atomic E-state index is -0.0810. The molecule has 12 heavy (non-hydrogen) atoms. The van der Waals surface area contributed by atoms with Crippen molar-refractivity contribution in [2.45, 2.75) is 31.3 Å². The molecule has 1 heterocycles. The molecule has 2 fully saturated rings. The zero-order valence-electron chi connectivity index (χ0n) is 7.68. The summed E-state index contributed by atoms with van der Waals surface area (Å²) in [7, 11) is 0. The van der Waals surface area contributed by atoms with Crippen molar-refractivity contribution in [3.63, 3.8) is 0 Å². The molecule has 0 amide bonds. The van der Waals surface area contributed by atoms with Crippen molar-refractivity contribution in [2.24, 2.45) is 11.7 Å². The van der Waals surface area contributed by atoms with E-state index in [-0.39, 0.29) is 5.54 Å². The third-order valence-electron chi connectivity index (χ3n) is 2.96. The molecule has 1 aliphatic carbocycles. The molecule has 1 aliphatic heterocycles. The average molecular weight is 170 g/mol. The summed E-state index contributed by atoms with van der Waals surface area (Å²) in [5, 5.41) is 3.48. The van der Waals surface area contributed by atoms with E-state index in [0.29, 0.717) is 0 Å². The van der Waals surface area contributed by atoms with Crippen LogP contribution in [0.5, 0.6) is 0 Å². The molecular weight excluding hydrogens is 152 g/mol. The van der Waals surface area contributed by atoms with Gasteiger partial charge in [0.2, 0.25) is 0 Å².